The summed E-state index contributed by atoms with van der Waals surface area (Å²) in [5, 5.41) is 20.9. The van der Waals surface area contributed by atoms with E-state index in [4.69, 9.17) is 16.7 Å². The van der Waals surface area contributed by atoms with Gasteiger partial charge in [-0.15, -0.1) is 0 Å². The number of carboxylic acid groups (broad SMARTS) is 1. The van der Waals surface area contributed by atoms with Gasteiger partial charge >= 0.3 is 5.97 Å². The molecule has 10 heteroatoms. The number of carboxylic acids is 1. The SMILES string of the molecule is O=C(CN1C(=O)SC(=Cc2ccc(Cl)cc2)C1=O)Nc1ccc(C(=O)O)c(O)c1. The van der Waals surface area contributed by atoms with E-state index in [1.165, 1.54) is 12.1 Å². The summed E-state index contributed by atoms with van der Waals surface area (Å²) in [6.45, 7) is -0.524. The molecule has 0 saturated carbocycles. The number of imide groups is 1. The highest BCUT2D eigenvalue weighted by molar-refractivity contribution is 8.18. The third-order valence-electron chi connectivity index (χ3n) is 3.85. The number of thioether (sulfide) groups is 1. The molecule has 3 amide bonds. The second-order valence-corrected chi connectivity index (χ2v) is 7.33. The molecule has 0 unspecified atom stereocenters. The average Bonchev–Trinajstić information content (AvgIpc) is 2.90. The van der Waals surface area contributed by atoms with Gasteiger partial charge in [-0.25, -0.2) is 4.79 Å². The van der Waals surface area contributed by atoms with Crippen molar-refractivity contribution in [2.24, 2.45) is 0 Å². The van der Waals surface area contributed by atoms with E-state index in [1.54, 1.807) is 24.3 Å². The number of phenols is 1. The van der Waals surface area contributed by atoms with Crippen molar-refractivity contribution in [3.63, 3.8) is 0 Å². The molecule has 1 aliphatic heterocycles. The Morgan fingerprint density at radius 3 is 2.45 bits per heavy atom. The monoisotopic (exact) mass is 432 g/mol. The highest BCUT2D eigenvalue weighted by Gasteiger charge is 2.36. The van der Waals surface area contributed by atoms with Gasteiger partial charge in [0, 0.05) is 16.8 Å². The smallest absolute Gasteiger partial charge is 0.339 e. The van der Waals surface area contributed by atoms with Gasteiger partial charge in [-0.1, -0.05) is 23.7 Å². The van der Waals surface area contributed by atoms with Gasteiger partial charge in [0.05, 0.1) is 4.91 Å². The van der Waals surface area contributed by atoms with E-state index in [0.29, 0.717) is 10.6 Å². The first-order chi connectivity index (χ1) is 13.7. The number of halogens is 1. The lowest BCUT2D eigenvalue weighted by molar-refractivity contribution is -0.127. The van der Waals surface area contributed by atoms with Crippen molar-refractivity contribution in [3.8, 4) is 5.75 Å². The molecule has 0 spiro atoms. The van der Waals surface area contributed by atoms with Crippen LogP contribution >= 0.6 is 23.4 Å². The normalized spacial score (nSPS) is 15.1. The number of nitrogens with one attached hydrogen (secondary N) is 1. The molecule has 148 valence electrons. The van der Waals surface area contributed by atoms with Crippen molar-refractivity contribution in [1.29, 1.82) is 0 Å². The van der Waals surface area contributed by atoms with Crippen LogP contribution in [0.15, 0.2) is 47.4 Å². The van der Waals surface area contributed by atoms with Gasteiger partial charge in [-0.05, 0) is 47.7 Å². The maximum atomic E-state index is 12.5. The average molecular weight is 433 g/mol. The first kappa shape index (κ1) is 20.4. The number of aromatic hydroxyl groups is 1. The predicted octanol–water partition coefficient (Wildman–Crippen LogP) is 3.42. The highest BCUT2D eigenvalue weighted by atomic mass is 35.5. The van der Waals surface area contributed by atoms with Gasteiger partial charge < -0.3 is 15.5 Å². The van der Waals surface area contributed by atoms with Crippen molar-refractivity contribution < 1.29 is 29.4 Å². The molecule has 0 aliphatic carbocycles. The number of hydrogen-bond acceptors (Lipinski definition) is 6. The Morgan fingerprint density at radius 1 is 1.14 bits per heavy atom. The standard InChI is InChI=1S/C19H13ClN2O6S/c20-11-3-1-10(2-4-11)7-15-17(25)22(19(28)29-15)9-16(24)21-12-5-6-13(18(26)27)14(23)8-12/h1-8,23H,9H2,(H,21,24)(H,26,27). The summed E-state index contributed by atoms with van der Waals surface area (Å²) >= 11 is 6.53. The van der Waals surface area contributed by atoms with E-state index in [1.807, 2.05) is 0 Å². The molecule has 0 atom stereocenters. The third-order valence-corrected chi connectivity index (χ3v) is 5.01. The van der Waals surface area contributed by atoms with Gasteiger partial charge in [0.1, 0.15) is 17.9 Å². The molecule has 3 N–H and O–H groups in total. The minimum atomic E-state index is -1.31. The molecule has 0 aromatic heterocycles. The van der Waals surface area contributed by atoms with E-state index < -0.39 is 35.3 Å². The van der Waals surface area contributed by atoms with Gasteiger partial charge in [-0.2, -0.15) is 0 Å². The van der Waals surface area contributed by atoms with Gasteiger partial charge in [0.15, 0.2) is 0 Å². The summed E-state index contributed by atoms with van der Waals surface area (Å²) in [7, 11) is 0. The van der Waals surface area contributed by atoms with Gasteiger partial charge in [0.2, 0.25) is 5.91 Å². The number of nitrogens with zero attached hydrogens (tertiary/aromatic N) is 1. The summed E-state index contributed by atoms with van der Waals surface area (Å²) in [6.07, 6.45) is 1.53. The van der Waals surface area contributed by atoms with E-state index in [9.17, 15) is 24.3 Å². The van der Waals surface area contributed by atoms with Crippen LogP contribution in [0.4, 0.5) is 10.5 Å². The number of carbonyl (C=O) groups excluding carboxylic acids is 3. The van der Waals surface area contributed by atoms with Crippen LogP contribution in [0.2, 0.25) is 5.02 Å². The van der Waals surface area contributed by atoms with Crippen LogP contribution in [-0.2, 0) is 9.59 Å². The highest BCUT2D eigenvalue weighted by Crippen LogP contribution is 2.32. The molecule has 0 radical (unpaired) electrons. The quantitative estimate of drug-likeness (QED) is 0.618. The molecule has 29 heavy (non-hydrogen) atoms. The zero-order chi connectivity index (χ0) is 21.1. The topological polar surface area (TPSA) is 124 Å². The zero-order valence-electron chi connectivity index (χ0n) is 14.6. The fraction of sp³-hybridized carbons (Fsp3) is 0.0526. The molecule has 1 fully saturated rings. The number of amides is 3. The second kappa shape index (κ2) is 8.38. The number of hydrogen-bond donors (Lipinski definition) is 3. The van der Waals surface area contributed by atoms with Crippen molar-refractivity contribution in [2.45, 2.75) is 0 Å². The largest absolute Gasteiger partial charge is 0.507 e. The predicted molar refractivity (Wildman–Crippen MR) is 108 cm³/mol. The zero-order valence-corrected chi connectivity index (χ0v) is 16.2. The minimum absolute atomic E-state index is 0.126. The summed E-state index contributed by atoms with van der Waals surface area (Å²) in [5.41, 5.74) is 0.487. The molecule has 2 aromatic carbocycles. The Balaban J connectivity index is 1.68. The van der Waals surface area contributed by atoms with Gasteiger partial charge in [-0.3, -0.25) is 19.3 Å². The van der Waals surface area contributed by atoms with Crippen molar-refractivity contribution >= 4 is 58.1 Å². The number of benzene rings is 2. The Bertz CT molecular complexity index is 1050. The molecule has 1 saturated heterocycles. The number of aromatic carboxylic acids is 1. The Labute approximate surface area is 173 Å². The molecule has 1 heterocycles. The number of carbonyl (C=O) groups is 4. The van der Waals surface area contributed by atoms with E-state index in [-0.39, 0.29) is 16.2 Å². The Morgan fingerprint density at radius 2 is 1.83 bits per heavy atom. The lowest BCUT2D eigenvalue weighted by Crippen LogP contribution is -2.36. The maximum Gasteiger partial charge on any atom is 0.339 e. The summed E-state index contributed by atoms with van der Waals surface area (Å²) in [5.74, 6) is -3.12. The first-order valence-electron chi connectivity index (χ1n) is 8.11. The van der Waals surface area contributed by atoms with Crippen LogP contribution in [0.5, 0.6) is 5.75 Å². The lowest BCUT2D eigenvalue weighted by Gasteiger charge is -2.13. The van der Waals surface area contributed by atoms with E-state index in [0.717, 1.165) is 28.8 Å². The van der Waals surface area contributed by atoms with Crippen LogP contribution in [0.25, 0.3) is 6.08 Å². The summed E-state index contributed by atoms with van der Waals surface area (Å²) in [4.78, 5) is 48.6. The molecule has 0 bridgehead atoms. The Hall–Kier alpha value is -3.30. The van der Waals surface area contributed by atoms with Crippen molar-refractivity contribution in [3.05, 3.63) is 63.5 Å². The fourth-order valence-electron chi connectivity index (χ4n) is 2.48. The minimum Gasteiger partial charge on any atom is -0.507 e. The fourth-order valence-corrected chi connectivity index (χ4v) is 3.45. The van der Waals surface area contributed by atoms with E-state index in [2.05, 4.69) is 5.32 Å². The Kier molecular flexibility index (Phi) is 5.90. The lowest BCUT2D eigenvalue weighted by atomic mass is 10.2. The number of anilines is 1. The maximum absolute atomic E-state index is 12.5. The van der Waals surface area contributed by atoms with Crippen LogP contribution in [-0.4, -0.2) is 44.7 Å². The first-order valence-corrected chi connectivity index (χ1v) is 9.31. The molecule has 1 aliphatic rings. The van der Waals surface area contributed by atoms with E-state index >= 15 is 0 Å². The van der Waals surface area contributed by atoms with Crippen molar-refractivity contribution in [2.75, 3.05) is 11.9 Å². The molecular formula is C19H13ClN2O6S. The van der Waals surface area contributed by atoms with Crippen LogP contribution in [0.1, 0.15) is 15.9 Å². The number of rotatable bonds is 5. The molecule has 2 aromatic rings. The van der Waals surface area contributed by atoms with Crippen LogP contribution in [0.3, 0.4) is 0 Å². The third kappa shape index (κ3) is 4.76. The molecule has 3 rings (SSSR count). The molecule has 8 nitrogen and oxygen atoms in total. The second-order valence-electron chi connectivity index (χ2n) is 5.90. The van der Waals surface area contributed by atoms with Crippen molar-refractivity contribution in [1.82, 2.24) is 4.90 Å². The van der Waals surface area contributed by atoms with Crippen LogP contribution < -0.4 is 5.32 Å². The molecular weight excluding hydrogens is 420 g/mol. The summed E-state index contributed by atoms with van der Waals surface area (Å²) < 4.78 is 0. The van der Waals surface area contributed by atoms with Crippen LogP contribution in [0, 0.1) is 0 Å². The summed E-state index contributed by atoms with van der Waals surface area (Å²) in [6, 6.07) is 10.2. The van der Waals surface area contributed by atoms with Gasteiger partial charge in [0.25, 0.3) is 11.1 Å².